The average molecular weight is 241 g/mol. The summed E-state index contributed by atoms with van der Waals surface area (Å²) >= 11 is 3.42. The SMILES string of the molecule is C=CCOC(CBr)c1ccccc1. The van der Waals surface area contributed by atoms with Gasteiger partial charge in [0.05, 0.1) is 12.7 Å². The van der Waals surface area contributed by atoms with Crippen molar-refractivity contribution in [2.45, 2.75) is 6.10 Å². The van der Waals surface area contributed by atoms with Crippen LogP contribution in [0.5, 0.6) is 0 Å². The summed E-state index contributed by atoms with van der Waals surface area (Å²) < 4.78 is 5.56. The third-order valence-corrected chi connectivity index (χ3v) is 2.31. The summed E-state index contributed by atoms with van der Waals surface area (Å²) in [6.07, 6.45) is 1.89. The molecule has 0 aliphatic carbocycles. The summed E-state index contributed by atoms with van der Waals surface area (Å²) in [7, 11) is 0. The van der Waals surface area contributed by atoms with Gasteiger partial charge in [0.2, 0.25) is 0 Å². The van der Waals surface area contributed by atoms with E-state index in [0.717, 1.165) is 5.33 Å². The molecule has 70 valence electrons. The van der Waals surface area contributed by atoms with Crippen LogP contribution in [-0.4, -0.2) is 11.9 Å². The van der Waals surface area contributed by atoms with Gasteiger partial charge in [-0.1, -0.05) is 52.3 Å². The van der Waals surface area contributed by atoms with E-state index in [9.17, 15) is 0 Å². The molecule has 0 saturated carbocycles. The highest BCUT2D eigenvalue weighted by atomic mass is 79.9. The summed E-state index contributed by atoms with van der Waals surface area (Å²) in [5.41, 5.74) is 1.20. The Balaban J connectivity index is 2.61. The lowest BCUT2D eigenvalue weighted by molar-refractivity contribution is 0.0932. The highest BCUT2D eigenvalue weighted by molar-refractivity contribution is 9.09. The first-order valence-electron chi connectivity index (χ1n) is 4.22. The molecule has 0 fully saturated rings. The normalized spacial score (nSPS) is 12.4. The zero-order valence-electron chi connectivity index (χ0n) is 7.45. The Bertz CT molecular complexity index is 246. The van der Waals surface area contributed by atoms with E-state index in [2.05, 4.69) is 34.6 Å². The van der Waals surface area contributed by atoms with Gasteiger partial charge in [-0.2, -0.15) is 0 Å². The Labute approximate surface area is 87.5 Å². The van der Waals surface area contributed by atoms with Gasteiger partial charge in [-0.25, -0.2) is 0 Å². The molecule has 0 N–H and O–H groups in total. The number of rotatable bonds is 5. The van der Waals surface area contributed by atoms with E-state index < -0.39 is 0 Å². The number of alkyl halides is 1. The molecule has 0 radical (unpaired) electrons. The van der Waals surface area contributed by atoms with Gasteiger partial charge in [0.1, 0.15) is 0 Å². The van der Waals surface area contributed by atoms with Crippen LogP contribution in [0, 0.1) is 0 Å². The second-order valence-corrected chi connectivity index (χ2v) is 3.32. The van der Waals surface area contributed by atoms with E-state index in [1.54, 1.807) is 6.08 Å². The second-order valence-electron chi connectivity index (χ2n) is 2.68. The molecular weight excluding hydrogens is 228 g/mol. The molecule has 0 saturated heterocycles. The van der Waals surface area contributed by atoms with Crippen molar-refractivity contribution in [2.24, 2.45) is 0 Å². The Kier molecular flexibility index (Phi) is 4.79. The van der Waals surface area contributed by atoms with Crippen molar-refractivity contribution in [3.05, 3.63) is 48.6 Å². The predicted molar refractivity (Wildman–Crippen MR) is 59.1 cm³/mol. The molecule has 0 bridgehead atoms. The van der Waals surface area contributed by atoms with Crippen molar-refractivity contribution < 1.29 is 4.74 Å². The van der Waals surface area contributed by atoms with Crippen LogP contribution < -0.4 is 0 Å². The van der Waals surface area contributed by atoms with Crippen LogP contribution in [-0.2, 0) is 4.74 Å². The van der Waals surface area contributed by atoms with Crippen LogP contribution in [0.15, 0.2) is 43.0 Å². The first-order valence-corrected chi connectivity index (χ1v) is 5.34. The van der Waals surface area contributed by atoms with Crippen LogP contribution in [0.4, 0.5) is 0 Å². The van der Waals surface area contributed by atoms with Gasteiger partial charge in [-0.15, -0.1) is 6.58 Å². The van der Waals surface area contributed by atoms with Gasteiger partial charge in [0, 0.05) is 5.33 Å². The molecule has 1 aromatic rings. The van der Waals surface area contributed by atoms with Crippen LogP contribution in [0.25, 0.3) is 0 Å². The number of hydrogen-bond acceptors (Lipinski definition) is 1. The molecule has 1 aromatic carbocycles. The number of hydrogen-bond donors (Lipinski definition) is 0. The number of ether oxygens (including phenoxy) is 1. The molecule has 0 aromatic heterocycles. The quantitative estimate of drug-likeness (QED) is 0.567. The molecule has 0 spiro atoms. The second kappa shape index (κ2) is 5.95. The van der Waals surface area contributed by atoms with Gasteiger partial charge >= 0.3 is 0 Å². The van der Waals surface area contributed by atoms with Gasteiger partial charge in [-0.3, -0.25) is 0 Å². The summed E-state index contributed by atoms with van der Waals surface area (Å²) in [5, 5.41) is 0.810. The molecule has 0 heterocycles. The smallest absolute Gasteiger partial charge is 0.0925 e. The lowest BCUT2D eigenvalue weighted by Crippen LogP contribution is -2.05. The Morgan fingerprint density at radius 2 is 2.08 bits per heavy atom. The van der Waals surface area contributed by atoms with Gasteiger partial charge < -0.3 is 4.74 Å². The fourth-order valence-electron chi connectivity index (χ4n) is 1.08. The molecule has 2 heteroatoms. The highest BCUT2D eigenvalue weighted by Gasteiger charge is 2.07. The highest BCUT2D eigenvalue weighted by Crippen LogP contribution is 2.18. The van der Waals surface area contributed by atoms with Crippen molar-refractivity contribution in [3.8, 4) is 0 Å². The third kappa shape index (κ3) is 3.33. The Morgan fingerprint density at radius 3 is 2.62 bits per heavy atom. The number of halogens is 1. The van der Waals surface area contributed by atoms with Crippen molar-refractivity contribution in [1.82, 2.24) is 0 Å². The Hall–Kier alpha value is -0.600. The summed E-state index contributed by atoms with van der Waals surface area (Å²) in [6, 6.07) is 10.2. The van der Waals surface area contributed by atoms with Gasteiger partial charge in [-0.05, 0) is 5.56 Å². The van der Waals surface area contributed by atoms with E-state index in [1.807, 2.05) is 18.2 Å². The van der Waals surface area contributed by atoms with Crippen LogP contribution in [0.1, 0.15) is 11.7 Å². The lowest BCUT2D eigenvalue weighted by Gasteiger charge is -2.14. The summed E-state index contributed by atoms with van der Waals surface area (Å²) in [4.78, 5) is 0. The van der Waals surface area contributed by atoms with E-state index in [4.69, 9.17) is 4.74 Å². The first kappa shape index (κ1) is 10.5. The van der Waals surface area contributed by atoms with Crippen molar-refractivity contribution in [2.75, 3.05) is 11.9 Å². The van der Waals surface area contributed by atoms with E-state index in [0.29, 0.717) is 6.61 Å². The van der Waals surface area contributed by atoms with Crippen LogP contribution in [0.3, 0.4) is 0 Å². The molecule has 0 aliphatic rings. The maximum Gasteiger partial charge on any atom is 0.0925 e. The van der Waals surface area contributed by atoms with Crippen LogP contribution >= 0.6 is 15.9 Å². The van der Waals surface area contributed by atoms with Crippen molar-refractivity contribution >= 4 is 15.9 Å². The standard InChI is InChI=1S/C11H13BrO/c1-2-8-13-11(9-12)10-6-4-3-5-7-10/h2-7,11H,1,8-9H2. The van der Waals surface area contributed by atoms with E-state index >= 15 is 0 Å². The largest absolute Gasteiger partial charge is 0.369 e. The van der Waals surface area contributed by atoms with E-state index in [1.165, 1.54) is 5.56 Å². The van der Waals surface area contributed by atoms with Gasteiger partial charge in [0.15, 0.2) is 0 Å². The first-order chi connectivity index (χ1) is 6.38. The molecule has 1 rings (SSSR count). The molecule has 0 aliphatic heterocycles. The monoisotopic (exact) mass is 240 g/mol. The van der Waals surface area contributed by atoms with Crippen molar-refractivity contribution in [3.63, 3.8) is 0 Å². The molecule has 0 amide bonds. The lowest BCUT2D eigenvalue weighted by atomic mass is 10.1. The van der Waals surface area contributed by atoms with Gasteiger partial charge in [0.25, 0.3) is 0 Å². The molecule has 13 heavy (non-hydrogen) atoms. The zero-order valence-corrected chi connectivity index (χ0v) is 9.03. The molecular formula is C11H13BrO. The minimum atomic E-state index is 0.124. The summed E-state index contributed by atoms with van der Waals surface area (Å²) in [5.74, 6) is 0. The Morgan fingerprint density at radius 1 is 1.38 bits per heavy atom. The fraction of sp³-hybridized carbons (Fsp3) is 0.273. The average Bonchev–Trinajstić information content (AvgIpc) is 2.21. The minimum Gasteiger partial charge on any atom is -0.369 e. The van der Waals surface area contributed by atoms with Crippen molar-refractivity contribution in [1.29, 1.82) is 0 Å². The topological polar surface area (TPSA) is 9.23 Å². The predicted octanol–water partition coefficient (Wildman–Crippen LogP) is 3.33. The molecule has 1 unspecified atom stereocenters. The maximum absolute atomic E-state index is 5.56. The van der Waals surface area contributed by atoms with Crippen LogP contribution in [0.2, 0.25) is 0 Å². The zero-order chi connectivity index (χ0) is 9.52. The maximum atomic E-state index is 5.56. The molecule has 1 atom stereocenters. The third-order valence-electron chi connectivity index (χ3n) is 1.73. The fourth-order valence-corrected chi connectivity index (χ4v) is 1.64. The minimum absolute atomic E-state index is 0.124. The molecule has 1 nitrogen and oxygen atoms in total. The number of benzene rings is 1. The van der Waals surface area contributed by atoms with E-state index in [-0.39, 0.29) is 6.10 Å². The summed E-state index contributed by atoms with van der Waals surface area (Å²) in [6.45, 7) is 4.21.